The predicted molar refractivity (Wildman–Crippen MR) is 101 cm³/mol. The lowest BCUT2D eigenvalue weighted by molar-refractivity contribution is 0.772. The van der Waals surface area contributed by atoms with Crippen LogP contribution in [0, 0.1) is 6.92 Å². The van der Waals surface area contributed by atoms with E-state index < -0.39 is 0 Å². The fourth-order valence-electron chi connectivity index (χ4n) is 2.44. The van der Waals surface area contributed by atoms with Crippen molar-refractivity contribution in [3.8, 4) is 10.4 Å². The zero-order chi connectivity index (χ0) is 16.5. The van der Waals surface area contributed by atoms with Crippen LogP contribution in [0.2, 0.25) is 0 Å². The molecule has 0 fully saturated rings. The largest absolute Gasteiger partial charge is 0.282 e. The van der Waals surface area contributed by atoms with Crippen LogP contribution in [0.5, 0.6) is 0 Å². The molecule has 0 aliphatic carbocycles. The molecule has 0 saturated heterocycles. The first-order chi connectivity index (χ1) is 11.7. The lowest BCUT2D eigenvalue weighted by atomic mass is 10.2. The van der Waals surface area contributed by atoms with Crippen molar-refractivity contribution in [2.24, 2.45) is 5.10 Å². The highest BCUT2D eigenvalue weighted by atomic mass is 32.1. The molecular formula is C18H13N3OS2. The fourth-order valence-corrected chi connectivity index (χ4v) is 4.12. The van der Waals surface area contributed by atoms with E-state index in [0.29, 0.717) is 11.2 Å². The van der Waals surface area contributed by atoms with Gasteiger partial charge in [-0.1, -0.05) is 30.3 Å². The summed E-state index contributed by atoms with van der Waals surface area (Å²) >= 11 is 3.10. The van der Waals surface area contributed by atoms with E-state index in [1.807, 2.05) is 29.6 Å². The molecule has 3 heterocycles. The molecule has 118 valence electrons. The molecular weight excluding hydrogens is 338 g/mol. The van der Waals surface area contributed by atoms with Gasteiger partial charge in [-0.15, -0.1) is 22.7 Å². The number of hydrogen-bond donors (Lipinski definition) is 0. The van der Waals surface area contributed by atoms with Gasteiger partial charge in [-0.25, -0.2) is 4.98 Å². The third-order valence-electron chi connectivity index (χ3n) is 3.62. The molecule has 6 heteroatoms. The van der Waals surface area contributed by atoms with Gasteiger partial charge in [0.2, 0.25) is 0 Å². The molecule has 0 bridgehead atoms. The third kappa shape index (κ3) is 2.70. The molecule has 0 unspecified atom stereocenters. The predicted octanol–water partition coefficient (Wildman–Crippen LogP) is 4.38. The molecule has 4 nitrogen and oxygen atoms in total. The summed E-state index contributed by atoms with van der Waals surface area (Å²) < 4.78 is 1.36. The first-order valence-electron chi connectivity index (χ1n) is 7.39. The summed E-state index contributed by atoms with van der Waals surface area (Å²) in [5.41, 5.74) is 1.05. The van der Waals surface area contributed by atoms with Crippen molar-refractivity contribution in [3.63, 3.8) is 0 Å². The van der Waals surface area contributed by atoms with Crippen molar-refractivity contribution in [2.45, 2.75) is 6.92 Å². The maximum absolute atomic E-state index is 12.5. The van der Waals surface area contributed by atoms with Gasteiger partial charge in [0.1, 0.15) is 10.7 Å². The van der Waals surface area contributed by atoms with Gasteiger partial charge in [-0.2, -0.15) is 9.78 Å². The van der Waals surface area contributed by atoms with E-state index in [2.05, 4.69) is 28.3 Å². The molecule has 0 amide bonds. The minimum atomic E-state index is -0.130. The fraction of sp³-hybridized carbons (Fsp3) is 0.0556. The minimum absolute atomic E-state index is 0.130. The summed E-state index contributed by atoms with van der Waals surface area (Å²) in [7, 11) is 0. The maximum Gasteiger partial charge on any atom is 0.282 e. The number of thiophene rings is 2. The van der Waals surface area contributed by atoms with E-state index in [0.717, 1.165) is 9.71 Å². The van der Waals surface area contributed by atoms with Crippen LogP contribution in [0.25, 0.3) is 20.7 Å². The Hall–Kier alpha value is -2.57. The summed E-state index contributed by atoms with van der Waals surface area (Å²) in [4.78, 5) is 19.8. The van der Waals surface area contributed by atoms with Gasteiger partial charge < -0.3 is 0 Å². The van der Waals surface area contributed by atoms with Crippen LogP contribution in [0.3, 0.4) is 0 Å². The molecule has 3 aromatic heterocycles. The van der Waals surface area contributed by atoms with Gasteiger partial charge in [-0.3, -0.25) is 4.79 Å². The number of fused-ring (bicyclic) bond motifs is 1. The molecule has 0 aliphatic heterocycles. The van der Waals surface area contributed by atoms with Crippen molar-refractivity contribution >= 4 is 39.1 Å². The monoisotopic (exact) mass is 351 g/mol. The zero-order valence-electron chi connectivity index (χ0n) is 12.8. The molecule has 4 rings (SSSR count). The first-order valence-corrected chi connectivity index (χ1v) is 9.08. The molecule has 0 aliphatic rings. The molecule has 0 spiro atoms. The van der Waals surface area contributed by atoms with E-state index in [4.69, 9.17) is 0 Å². The van der Waals surface area contributed by atoms with Crippen LogP contribution in [0.4, 0.5) is 0 Å². The van der Waals surface area contributed by atoms with Crippen LogP contribution in [-0.4, -0.2) is 15.9 Å². The maximum atomic E-state index is 12.5. The summed E-state index contributed by atoms with van der Waals surface area (Å²) in [6.07, 6.45) is 1.71. The Bertz CT molecular complexity index is 1090. The molecule has 0 saturated carbocycles. The second-order valence-electron chi connectivity index (χ2n) is 5.23. The Balaban J connectivity index is 1.69. The van der Waals surface area contributed by atoms with E-state index in [1.54, 1.807) is 30.5 Å². The highest BCUT2D eigenvalue weighted by molar-refractivity contribution is 7.17. The Morgan fingerprint density at radius 1 is 1.12 bits per heavy atom. The third-order valence-corrected chi connectivity index (χ3v) is 5.50. The van der Waals surface area contributed by atoms with Crippen LogP contribution in [-0.2, 0) is 0 Å². The molecule has 24 heavy (non-hydrogen) atoms. The van der Waals surface area contributed by atoms with Crippen molar-refractivity contribution in [1.29, 1.82) is 0 Å². The van der Waals surface area contributed by atoms with Crippen molar-refractivity contribution in [1.82, 2.24) is 9.66 Å². The topological polar surface area (TPSA) is 47.2 Å². The van der Waals surface area contributed by atoms with Gasteiger partial charge in [-0.05, 0) is 36.1 Å². The van der Waals surface area contributed by atoms with Gasteiger partial charge in [0.05, 0.1) is 11.6 Å². The first kappa shape index (κ1) is 15.0. The molecule has 4 aromatic rings. The number of aromatic nitrogens is 2. The SMILES string of the molecule is Cc1nc2sccc2c(=O)n1/N=C\c1ccc(-c2ccccc2)s1. The molecule has 0 radical (unpaired) electrons. The number of rotatable bonds is 3. The Morgan fingerprint density at radius 2 is 1.96 bits per heavy atom. The van der Waals surface area contributed by atoms with Gasteiger partial charge in [0.15, 0.2) is 0 Å². The molecule has 1 aromatic carbocycles. The normalized spacial score (nSPS) is 11.5. The lowest BCUT2D eigenvalue weighted by Crippen LogP contribution is -2.19. The number of benzene rings is 1. The van der Waals surface area contributed by atoms with Crippen molar-refractivity contribution in [2.75, 3.05) is 0 Å². The number of nitrogens with zero attached hydrogens (tertiary/aromatic N) is 3. The van der Waals surface area contributed by atoms with Crippen LogP contribution < -0.4 is 5.56 Å². The van der Waals surface area contributed by atoms with Crippen molar-refractivity contribution in [3.05, 3.63) is 75.0 Å². The average molecular weight is 351 g/mol. The van der Waals surface area contributed by atoms with E-state index in [-0.39, 0.29) is 5.56 Å². The highest BCUT2D eigenvalue weighted by Gasteiger charge is 2.08. The van der Waals surface area contributed by atoms with E-state index >= 15 is 0 Å². The average Bonchev–Trinajstić information content (AvgIpc) is 3.25. The summed E-state index contributed by atoms with van der Waals surface area (Å²) in [6.45, 7) is 1.79. The van der Waals surface area contributed by atoms with E-state index in [1.165, 1.54) is 26.5 Å². The Kier molecular flexibility index (Phi) is 3.84. The van der Waals surface area contributed by atoms with Gasteiger partial charge in [0, 0.05) is 9.75 Å². The van der Waals surface area contributed by atoms with Crippen LogP contribution in [0.1, 0.15) is 10.7 Å². The summed E-state index contributed by atoms with van der Waals surface area (Å²) in [5, 5.41) is 6.83. The highest BCUT2D eigenvalue weighted by Crippen LogP contribution is 2.26. The molecule has 0 N–H and O–H groups in total. The summed E-state index contributed by atoms with van der Waals surface area (Å²) in [5.74, 6) is 0.589. The van der Waals surface area contributed by atoms with Crippen molar-refractivity contribution < 1.29 is 0 Å². The second kappa shape index (κ2) is 6.14. The quantitative estimate of drug-likeness (QED) is 0.514. The van der Waals surface area contributed by atoms with Gasteiger partial charge in [0.25, 0.3) is 5.56 Å². The number of aryl methyl sites for hydroxylation is 1. The van der Waals surface area contributed by atoms with Gasteiger partial charge >= 0.3 is 0 Å². The van der Waals surface area contributed by atoms with Crippen LogP contribution in [0.15, 0.2) is 63.8 Å². The Labute approximate surface area is 146 Å². The zero-order valence-corrected chi connectivity index (χ0v) is 14.5. The lowest BCUT2D eigenvalue weighted by Gasteiger charge is -2.02. The molecule has 0 atom stereocenters. The number of hydrogen-bond acceptors (Lipinski definition) is 5. The second-order valence-corrected chi connectivity index (χ2v) is 7.24. The summed E-state index contributed by atoms with van der Waals surface area (Å²) in [6, 6.07) is 16.1. The van der Waals surface area contributed by atoms with E-state index in [9.17, 15) is 4.79 Å². The standard InChI is InChI=1S/C18H13N3OS2/c1-12-20-17-15(9-10-23-17)18(22)21(12)19-11-14-7-8-16(24-14)13-5-3-2-4-6-13/h2-11H,1H3/b19-11-. The smallest absolute Gasteiger partial charge is 0.267 e. The minimum Gasteiger partial charge on any atom is -0.267 e. The Morgan fingerprint density at radius 3 is 2.79 bits per heavy atom. The van der Waals surface area contributed by atoms with Crippen LogP contribution >= 0.6 is 22.7 Å².